The summed E-state index contributed by atoms with van der Waals surface area (Å²) in [7, 11) is 1.42. The van der Waals surface area contributed by atoms with E-state index in [1.807, 2.05) is 30.3 Å². The fourth-order valence-electron chi connectivity index (χ4n) is 8.50. The maximum Gasteiger partial charge on any atom is 0.255 e. The van der Waals surface area contributed by atoms with E-state index in [2.05, 4.69) is 38.2 Å². The highest BCUT2D eigenvalue weighted by atomic mass is 16.5. The summed E-state index contributed by atoms with van der Waals surface area (Å²) in [4.78, 5) is 81.3. The molecule has 1 saturated carbocycles. The molecule has 6 rings (SSSR count). The van der Waals surface area contributed by atoms with Crippen LogP contribution in [0.25, 0.3) is 22.5 Å². The number of carbonyl (C=O) groups is 5. The fraction of sp³-hybridized carbons (Fsp3) is 0.451. The second-order valence-corrected chi connectivity index (χ2v) is 17.7. The predicted molar refractivity (Wildman–Crippen MR) is 262 cm³/mol. The molecule has 1 aromatic heterocycles. The third-order valence-corrected chi connectivity index (χ3v) is 12.4. The van der Waals surface area contributed by atoms with E-state index < -0.39 is 53.7 Å². The van der Waals surface area contributed by atoms with Gasteiger partial charge in [-0.2, -0.15) is 5.26 Å². The van der Waals surface area contributed by atoms with Gasteiger partial charge in [-0.1, -0.05) is 25.5 Å². The smallest absolute Gasteiger partial charge is 0.255 e. The number of hydrogen-bond donors (Lipinski definition) is 7. The molecule has 4 atom stereocenters. The third-order valence-electron chi connectivity index (χ3n) is 12.4. The summed E-state index contributed by atoms with van der Waals surface area (Å²) < 4.78 is 18.6. The highest BCUT2D eigenvalue weighted by Crippen LogP contribution is 2.45. The summed E-state index contributed by atoms with van der Waals surface area (Å²) in [6.07, 6.45) is 5.34. The molecule has 3 aromatic carbocycles. The highest BCUT2D eigenvalue weighted by Gasteiger charge is 2.44. The number of unbranched alkanes of at least 4 members (excludes halogenated alkanes) is 1. The lowest BCUT2D eigenvalue weighted by molar-refractivity contribution is -0.141. The van der Waals surface area contributed by atoms with Crippen molar-refractivity contribution in [3.8, 4) is 45.8 Å². The molecular formula is C51H65N11O8. The van der Waals surface area contributed by atoms with E-state index in [1.165, 1.54) is 18.9 Å². The van der Waals surface area contributed by atoms with Gasteiger partial charge in [0.1, 0.15) is 66.8 Å². The van der Waals surface area contributed by atoms with E-state index in [0.29, 0.717) is 51.0 Å². The van der Waals surface area contributed by atoms with Gasteiger partial charge in [-0.05, 0) is 119 Å². The number of hydrogen-bond acceptors (Lipinski definition) is 14. The number of nitrogens with one attached hydrogen (secondary N) is 4. The van der Waals surface area contributed by atoms with Gasteiger partial charge in [-0.3, -0.25) is 24.0 Å². The van der Waals surface area contributed by atoms with Crippen LogP contribution in [-0.4, -0.2) is 115 Å². The molecule has 10 N–H and O–H groups in total. The van der Waals surface area contributed by atoms with Crippen LogP contribution in [0.5, 0.6) is 17.2 Å². The Morgan fingerprint density at radius 2 is 1.54 bits per heavy atom. The zero-order valence-corrected chi connectivity index (χ0v) is 40.6. The average molecular weight is 960 g/mol. The molecule has 0 spiro atoms. The molecule has 1 aliphatic carbocycles. The Morgan fingerprint density at radius 3 is 2.14 bits per heavy atom. The Balaban J connectivity index is 1.33. The van der Waals surface area contributed by atoms with E-state index in [0.717, 1.165) is 43.4 Å². The number of nitrogens with zero attached hydrogens (tertiary/aromatic N) is 4. The van der Waals surface area contributed by atoms with Crippen LogP contribution in [0.1, 0.15) is 91.3 Å². The van der Waals surface area contributed by atoms with Crippen LogP contribution in [0.15, 0.2) is 60.7 Å². The number of carbonyl (C=O) groups excluding carboxylic acids is 5. The molecule has 5 amide bonds. The lowest BCUT2D eigenvalue weighted by atomic mass is 9.93. The van der Waals surface area contributed by atoms with E-state index in [1.54, 1.807) is 50.2 Å². The maximum absolute atomic E-state index is 14.8. The molecule has 0 saturated heterocycles. The monoisotopic (exact) mass is 960 g/mol. The van der Waals surface area contributed by atoms with Crippen LogP contribution in [0.4, 0.5) is 0 Å². The number of aromatic nitrogens is 2. The predicted octanol–water partition coefficient (Wildman–Crippen LogP) is 3.04. The first-order valence-corrected chi connectivity index (χ1v) is 23.8. The van der Waals surface area contributed by atoms with Crippen molar-refractivity contribution >= 4 is 29.5 Å². The number of nitrogens with two attached hydrogens (primary N) is 3. The summed E-state index contributed by atoms with van der Waals surface area (Å²) >= 11 is 0. The highest BCUT2D eigenvalue weighted by molar-refractivity contribution is 6.00. The summed E-state index contributed by atoms with van der Waals surface area (Å²) in [5.74, 6) is -1.40. The number of aryl methyl sites for hydroxylation is 2. The molecule has 19 nitrogen and oxygen atoms in total. The largest absolute Gasteiger partial charge is 0.492 e. The molecule has 0 radical (unpaired) electrons. The van der Waals surface area contributed by atoms with Crippen molar-refractivity contribution in [1.29, 1.82) is 5.26 Å². The van der Waals surface area contributed by atoms with Crippen LogP contribution < -0.4 is 52.7 Å². The SMILES string of the molecule is CCCCC1(Oc2ccc(-c3nc(C)c(C(=O)NC(CCN)C(=O)N(C)C4C(=O)NC(C)C(=O)NC(C(=O)NCC#N)Cc5ccc(OCCN)c(c5)-c5cc4ccc5OCCN)c(C)n3)cc2)CC1. The van der Waals surface area contributed by atoms with Crippen molar-refractivity contribution in [2.45, 2.75) is 102 Å². The Kier molecular flexibility index (Phi) is 17.9. The van der Waals surface area contributed by atoms with Gasteiger partial charge in [-0.25, -0.2) is 9.97 Å². The first kappa shape index (κ1) is 52.2. The van der Waals surface area contributed by atoms with Gasteiger partial charge in [0.05, 0.1) is 23.0 Å². The Hall–Kier alpha value is -7.14. The molecular weight excluding hydrogens is 895 g/mol. The van der Waals surface area contributed by atoms with Gasteiger partial charge in [-0.15, -0.1) is 0 Å². The third kappa shape index (κ3) is 12.7. The second kappa shape index (κ2) is 23.9. The number of ether oxygens (including phenoxy) is 3. The summed E-state index contributed by atoms with van der Waals surface area (Å²) in [5, 5.41) is 20.0. The Labute approximate surface area is 408 Å². The first-order valence-electron chi connectivity index (χ1n) is 23.8. The molecule has 372 valence electrons. The number of rotatable bonds is 20. The van der Waals surface area contributed by atoms with Crippen LogP contribution in [0, 0.1) is 25.2 Å². The van der Waals surface area contributed by atoms with Crippen molar-refractivity contribution < 1.29 is 38.2 Å². The number of nitriles is 1. The lowest BCUT2D eigenvalue weighted by Crippen LogP contribution is -2.56. The van der Waals surface area contributed by atoms with E-state index in [-0.39, 0.29) is 63.4 Å². The summed E-state index contributed by atoms with van der Waals surface area (Å²) in [6, 6.07) is 14.6. The van der Waals surface area contributed by atoms with Gasteiger partial charge in [0.25, 0.3) is 5.91 Å². The van der Waals surface area contributed by atoms with Crippen LogP contribution in [0.3, 0.4) is 0 Å². The van der Waals surface area contributed by atoms with Crippen LogP contribution in [0.2, 0.25) is 0 Å². The number of likely N-dealkylation sites (N-methyl/N-ethyl adjacent to an activating group) is 1. The van der Waals surface area contributed by atoms with Crippen LogP contribution >= 0.6 is 0 Å². The van der Waals surface area contributed by atoms with Crippen molar-refractivity contribution in [3.05, 3.63) is 88.7 Å². The molecule has 4 unspecified atom stereocenters. The van der Waals surface area contributed by atoms with Crippen molar-refractivity contribution in [1.82, 2.24) is 36.1 Å². The van der Waals surface area contributed by atoms with Crippen molar-refractivity contribution in [3.63, 3.8) is 0 Å². The van der Waals surface area contributed by atoms with Gasteiger partial charge in [0.2, 0.25) is 23.6 Å². The Bertz CT molecular complexity index is 2560. The van der Waals surface area contributed by atoms with Crippen molar-refractivity contribution in [2.24, 2.45) is 17.2 Å². The topological polar surface area (TPSA) is 292 Å². The average Bonchev–Trinajstić information content (AvgIpc) is 4.11. The summed E-state index contributed by atoms with van der Waals surface area (Å²) in [5.41, 5.74) is 21.2. The molecule has 2 aliphatic rings. The second-order valence-electron chi connectivity index (χ2n) is 17.7. The van der Waals surface area contributed by atoms with Gasteiger partial charge < -0.3 is 57.6 Å². The van der Waals surface area contributed by atoms with E-state index >= 15 is 0 Å². The Morgan fingerprint density at radius 1 is 0.900 bits per heavy atom. The minimum Gasteiger partial charge on any atom is -0.492 e. The molecule has 1 aliphatic heterocycles. The fourth-order valence-corrected chi connectivity index (χ4v) is 8.50. The standard InChI is InChI=1S/C51H65N11O8/c1-6-7-17-51(18-19-51)70-36-12-9-34(10-13-36)45-57-30(2)43(31(3)58-45)48(65)60-39(16-20-52)50(67)62(5)44-35-11-15-42(69-26-23-55)38(29-35)37-27-33(8-14-41(37)68-25-22-54)28-40(47(64)56-24-21-53)61-46(63)32(4)59-49(44)66/h8-15,27,29,32,39-40,44H,6-7,16-20,22-26,28,52,54-55H2,1-5H3,(H,56,64)(H,59,66)(H,60,65)(H,61,63). The molecule has 70 heavy (non-hydrogen) atoms. The van der Waals surface area contributed by atoms with Gasteiger partial charge in [0.15, 0.2) is 5.82 Å². The zero-order valence-electron chi connectivity index (χ0n) is 40.6. The minimum absolute atomic E-state index is 0.000634. The molecule has 4 bridgehead atoms. The van der Waals surface area contributed by atoms with E-state index in [4.69, 9.17) is 31.4 Å². The number of amides is 5. The zero-order chi connectivity index (χ0) is 50.5. The normalized spacial score (nSPS) is 17.6. The first-order chi connectivity index (χ1) is 33.7. The number of benzene rings is 3. The maximum atomic E-state index is 14.8. The molecule has 2 heterocycles. The van der Waals surface area contributed by atoms with Gasteiger partial charge >= 0.3 is 0 Å². The van der Waals surface area contributed by atoms with Crippen molar-refractivity contribution in [2.75, 3.05) is 46.4 Å². The lowest BCUT2D eigenvalue weighted by Gasteiger charge is -2.32. The van der Waals surface area contributed by atoms with E-state index in [9.17, 15) is 29.2 Å². The number of fused-ring (bicyclic) bond motifs is 5. The minimum atomic E-state index is -1.41. The van der Waals surface area contributed by atoms with Crippen LogP contribution in [-0.2, 0) is 25.6 Å². The molecule has 4 aromatic rings. The van der Waals surface area contributed by atoms with Gasteiger partial charge in [0, 0.05) is 43.2 Å². The molecule has 19 heteroatoms. The molecule has 1 fully saturated rings. The quantitative estimate of drug-likeness (QED) is 0.0627. The summed E-state index contributed by atoms with van der Waals surface area (Å²) in [6.45, 7) is 7.35.